The van der Waals surface area contributed by atoms with Crippen LogP contribution in [0.4, 0.5) is 0 Å². The lowest BCUT2D eigenvalue weighted by molar-refractivity contribution is -0.201. The fourth-order valence-corrected chi connectivity index (χ4v) is 6.73. The number of aliphatic hydroxyl groups excluding tert-OH is 2. The van der Waals surface area contributed by atoms with Crippen molar-refractivity contribution in [2.45, 2.75) is 104 Å². The molecule has 8 atom stereocenters. The van der Waals surface area contributed by atoms with E-state index in [0.717, 1.165) is 0 Å². The molecule has 9 nitrogen and oxygen atoms in total. The Morgan fingerprint density at radius 1 is 0.971 bits per heavy atom. The van der Waals surface area contributed by atoms with Crippen molar-refractivity contribution in [2.24, 2.45) is 16.7 Å². The highest BCUT2D eigenvalue weighted by Crippen LogP contribution is 2.65. The summed E-state index contributed by atoms with van der Waals surface area (Å²) in [6.45, 7) is 14.6. The normalized spacial score (nSPS) is 39.3. The van der Waals surface area contributed by atoms with E-state index in [0.29, 0.717) is 16.7 Å². The molecule has 3 N–H and O–H groups in total. The van der Waals surface area contributed by atoms with E-state index >= 15 is 0 Å². The quantitative estimate of drug-likeness (QED) is 0.304. The molecule has 0 aromatic carbocycles. The predicted octanol–water partition coefficient (Wildman–Crippen LogP) is 1.97. The van der Waals surface area contributed by atoms with Gasteiger partial charge in [0, 0.05) is 32.6 Å². The molecule has 196 valence electrons. The maximum atomic E-state index is 12.4. The smallest absolute Gasteiger partial charge is 0.303 e. The molecule has 2 saturated carbocycles. The van der Waals surface area contributed by atoms with Crippen LogP contribution in [0, 0.1) is 16.7 Å². The zero-order valence-corrected chi connectivity index (χ0v) is 21.6. The summed E-state index contributed by atoms with van der Waals surface area (Å²) in [6.07, 6.45) is -4.82. The van der Waals surface area contributed by atoms with Crippen molar-refractivity contribution in [3.05, 3.63) is 23.3 Å². The number of fused-ring (bicyclic) bond motifs is 2. The van der Waals surface area contributed by atoms with Gasteiger partial charge in [-0.3, -0.25) is 14.4 Å². The van der Waals surface area contributed by atoms with Crippen molar-refractivity contribution in [3.8, 4) is 0 Å². The first kappa shape index (κ1) is 27.4. The van der Waals surface area contributed by atoms with Crippen molar-refractivity contribution in [2.75, 3.05) is 0 Å². The highest BCUT2D eigenvalue weighted by molar-refractivity contribution is 5.69. The third-order valence-electron chi connectivity index (χ3n) is 8.53. The minimum atomic E-state index is -1.41. The fraction of sp³-hybridized carbons (Fsp3) is 0.731. The second-order valence-electron chi connectivity index (χ2n) is 11.1. The van der Waals surface area contributed by atoms with Crippen LogP contribution in [0.3, 0.4) is 0 Å². The van der Waals surface area contributed by atoms with E-state index in [-0.39, 0.29) is 19.3 Å². The van der Waals surface area contributed by atoms with Crippen molar-refractivity contribution < 1.29 is 43.9 Å². The first-order valence-corrected chi connectivity index (χ1v) is 12.0. The van der Waals surface area contributed by atoms with Gasteiger partial charge in [0.1, 0.15) is 6.10 Å². The average Bonchev–Trinajstić information content (AvgIpc) is 2.91. The van der Waals surface area contributed by atoms with Crippen LogP contribution < -0.4 is 0 Å². The molecule has 35 heavy (non-hydrogen) atoms. The van der Waals surface area contributed by atoms with Gasteiger partial charge in [-0.1, -0.05) is 13.5 Å². The molecular weight excluding hydrogens is 456 g/mol. The van der Waals surface area contributed by atoms with Gasteiger partial charge < -0.3 is 29.5 Å². The minimum absolute atomic E-state index is 0.0200. The molecular formula is C26H38O9. The van der Waals surface area contributed by atoms with Gasteiger partial charge in [0.25, 0.3) is 0 Å². The first-order valence-electron chi connectivity index (χ1n) is 12.0. The monoisotopic (exact) mass is 494 g/mol. The molecule has 0 radical (unpaired) electrons. The summed E-state index contributed by atoms with van der Waals surface area (Å²) < 4.78 is 17.4. The van der Waals surface area contributed by atoms with Crippen LogP contribution in [0.5, 0.6) is 0 Å². The Labute approximate surface area is 206 Å². The molecule has 0 heterocycles. The van der Waals surface area contributed by atoms with E-state index in [2.05, 4.69) is 6.58 Å². The maximum Gasteiger partial charge on any atom is 0.303 e. The van der Waals surface area contributed by atoms with E-state index in [1.54, 1.807) is 27.7 Å². The Morgan fingerprint density at radius 3 is 2.00 bits per heavy atom. The minimum Gasteiger partial charge on any atom is -0.462 e. The standard InChI is InChI=1S/C26H38O9/c1-12-17-10-26(24(6,7)32)11-19(31)13(2)21(26)22(34-15(4)28)23(35-16(5)29)25(17,8)20(9-18(12)30)33-14(3)27/h17-20,22-23,30-32H,1,9-11H2,2-8H3/t17-,18+,19+,20+,22-,23+,25+,26+/m1/s1. The summed E-state index contributed by atoms with van der Waals surface area (Å²) in [5, 5.41) is 33.4. The van der Waals surface area contributed by atoms with Gasteiger partial charge in [-0.25, -0.2) is 0 Å². The maximum absolute atomic E-state index is 12.4. The molecule has 0 unspecified atom stereocenters. The summed E-state index contributed by atoms with van der Waals surface area (Å²) in [6, 6.07) is 0. The van der Waals surface area contributed by atoms with E-state index in [1.807, 2.05) is 0 Å². The number of hydrogen-bond donors (Lipinski definition) is 3. The number of carbonyl (C=O) groups excluding carboxylic acids is 3. The first-order chi connectivity index (χ1) is 16.0. The van der Waals surface area contributed by atoms with Crippen LogP contribution in [0.15, 0.2) is 23.3 Å². The van der Waals surface area contributed by atoms with Crippen molar-refractivity contribution in [1.29, 1.82) is 0 Å². The highest BCUT2D eigenvalue weighted by atomic mass is 16.6. The zero-order chi connectivity index (χ0) is 26.7. The van der Waals surface area contributed by atoms with Crippen molar-refractivity contribution in [1.82, 2.24) is 0 Å². The topological polar surface area (TPSA) is 140 Å². The lowest BCUT2D eigenvalue weighted by Crippen LogP contribution is -2.60. The molecule has 0 aromatic heterocycles. The van der Waals surface area contributed by atoms with Gasteiger partial charge in [-0.05, 0) is 56.3 Å². The molecule has 2 fully saturated rings. The summed E-state index contributed by atoms with van der Waals surface area (Å²) >= 11 is 0. The molecule has 0 aliphatic heterocycles. The fourth-order valence-electron chi connectivity index (χ4n) is 6.73. The number of esters is 3. The van der Waals surface area contributed by atoms with Crippen LogP contribution in [-0.2, 0) is 28.6 Å². The second kappa shape index (κ2) is 9.01. The SMILES string of the molecule is C=C1[C@H]2C[C@]3(C(C)(C)O)C[C@H](O)C(C)=C3[C@@H](OC(C)=O)[C@H](OC(C)=O)[C@]2(C)[C@@H](OC(C)=O)C[C@@H]1O. The van der Waals surface area contributed by atoms with Crippen molar-refractivity contribution >= 4 is 17.9 Å². The molecule has 9 heteroatoms. The van der Waals surface area contributed by atoms with Gasteiger partial charge in [0.05, 0.1) is 23.2 Å². The van der Waals surface area contributed by atoms with Crippen LogP contribution in [0.2, 0.25) is 0 Å². The molecule has 0 bridgehead atoms. The van der Waals surface area contributed by atoms with E-state index in [1.165, 1.54) is 20.8 Å². The predicted molar refractivity (Wildman–Crippen MR) is 125 cm³/mol. The summed E-state index contributed by atoms with van der Waals surface area (Å²) in [5.74, 6) is -2.48. The summed E-state index contributed by atoms with van der Waals surface area (Å²) in [5.41, 5.74) is -2.25. The molecule has 0 amide bonds. The Morgan fingerprint density at radius 2 is 1.51 bits per heavy atom. The van der Waals surface area contributed by atoms with E-state index in [9.17, 15) is 29.7 Å². The third-order valence-corrected chi connectivity index (χ3v) is 8.53. The zero-order valence-electron chi connectivity index (χ0n) is 21.6. The Balaban J connectivity index is 2.42. The third kappa shape index (κ3) is 4.32. The molecule has 3 aliphatic rings. The summed E-state index contributed by atoms with van der Waals surface area (Å²) in [7, 11) is 0. The molecule has 3 aliphatic carbocycles. The molecule has 0 saturated heterocycles. The van der Waals surface area contributed by atoms with Gasteiger partial charge >= 0.3 is 17.9 Å². The van der Waals surface area contributed by atoms with Crippen LogP contribution >= 0.6 is 0 Å². The van der Waals surface area contributed by atoms with Crippen molar-refractivity contribution in [3.63, 3.8) is 0 Å². The highest BCUT2D eigenvalue weighted by Gasteiger charge is 2.68. The van der Waals surface area contributed by atoms with Gasteiger partial charge in [0.15, 0.2) is 12.2 Å². The Kier molecular flexibility index (Phi) is 7.05. The molecule has 0 spiro atoms. The number of ether oxygens (including phenoxy) is 3. The average molecular weight is 495 g/mol. The lowest BCUT2D eigenvalue weighted by Gasteiger charge is -2.53. The number of aliphatic hydroxyl groups is 3. The van der Waals surface area contributed by atoms with E-state index in [4.69, 9.17) is 14.2 Å². The Bertz CT molecular complexity index is 960. The number of carbonyl (C=O) groups is 3. The lowest BCUT2D eigenvalue weighted by atomic mass is 9.56. The summed E-state index contributed by atoms with van der Waals surface area (Å²) in [4.78, 5) is 36.9. The Hall–Kier alpha value is -2.23. The van der Waals surface area contributed by atoms with E-state index < -0.39 is 70.8 Å². The number of rotatable bonds is 4. The largest absolute Gasteiger partial charge is 0.462 e. The second-order valence-corrected chi connectivity index (χ2v) is 11.1. The molecule has 0 aromatic rings. The number of hydrogen-bond acceptors (Lipinski definition) is 9. The van der Waals surface area contributed by atoms with Crippen LogP contribution in [0.25, 0.3) is 0 Å². The van der Waals surface area contributed by atoms with Gasteiger partial charge in [0.2, 0.25) is 0 Å². The van der Waals surface area contributed by atoms with Crippen LogP contribution in [0.1, 0.15) is 67.7 Å². The van der Waals surface area contributed by atoms with Gasteiger partial charge in [-0.2, -0.15) is 0 Å². The van der Waals surface area contributed by atoms with Crippen LogP contribution in [-0.4, -0.2) is 69.3 Å². The van der Waals surface area contributed by atoms with Gasteiger partial charge in [-0.15, -0.1) is 0 Å². The molecule has 3 rings (SSSR count).